The molecule has 6 heteroatoms. The Morgan fingerprint density at radius 1 is 1.31 bits per heavy atom. The van der Waals surface area contributed by atoms with Gasteiger partial charge in [-0.05, 0) is 44.8 Å². The largest absolute Gasteiger partial charge is 0.305 e. The first-order chi connectivity index (χ1) is 7.58. The van der Waals surface area contributed by atoms with Crippen LogP contribution in [-0.4, -0.2) is 15.0 Å². The van der Waals surface area contributed by atoms with Crippen LogP contribution in [0.15, 0.2) is 32.2 Å². The van der Waals surface area contributed by atoms with Crippen molar-refractivity contribution in [1.29, 1.82) is 0 Å². The number of nitrogens with zero attached hydrogens (tertiary/aromatic N) is 2. The molecular formula is C10H7Br2N3O. The maximum Gasteiger partial charge on any atom is 0.265 e. The summed E-state index contributed by atoms with van der Waals surface area (Å²) in [7, 11) is 0. The zero-order valence-corrected chi connectivity index (χ0v) is 11.5. The number of nitrogens with one attached hydrogen (secondary N) is 1. The Morgan fingerprint density at radius 3 is 2.69 bits per heavy atom. The maximum atomic E-state index is 11.5. The number of rotatable bonds is 1. The molecule has 0 atom stereocenters. The van der Waals surface area contributed by atoms with Gasteiger partial charge >= 0.3 is 0 Å². The summed E-state index contributed by atoms with van der Waals surface area (Å²) < 4.78 is 1.30. The molecule has 1 N–H and O–H groups in total. The van der Waals surface area contributed by atoms with Crippen LogP contribution in [-0.2, 0) is 0 Å². The monoisotopic (exact) mass is 343 g/mol. The quantitative estimate of drug-likeness (QED) is 0.865. The fraction of sp³-hybridized carbons (Fsp3) is 0.100. The van der Waals surface area contributed by atoms with Crippen LogP contribution in [0.25, 0.3) is 11.4 Å². The number of aromatic amines is 1. The van der Waals surface area contributed by atoms with Crippen LogP contribution in [0, 0.1) is 6.92 Å². The number of hydrogen-bond acceptors (Lipinski definition) is 3. The second-order valence-corrected chi connectivity index (χ2v) is 4.91. The van der Waals surface area contributed by atoms with Gasteiger partial charge in [-0.1, -0.05) is 0 Å². The van der Waals surface area contributed by atoms with Gasteiger partial charge in [0.25, 0.3) is 5.56 Å². The third-order valence-corrected chi connectivity index (χ3v) is 3.37. The minimum atomic E-state index is -0.192. The summed E-state index contributed by atoms with van der Waals surface area (Å²) in [5.41, 5.74) is 1.23. The Kier molecular flexibility index (Phi) is 3.20. The van der Waals surface area contributed by atoms with E-state index in [1.165, 1.54) is 0 Å². The van der Waals surface area contributed by atoms with Gasteiger partial charge in [-0.2, -0.15) is 0 Å². The maximum absolute atomic E-state index is 11.5. The summed E-state index contributed by atoms with van der Waals surface area (Å²) in [6, 6.07) is 1.85. The smallest absolute Gasteiger partial charge is 0.265 e. The third-order valence-electron chi connectivity index (χ3n) is 2.01. The van der Waals surface area contributed by atoms with Gasteiger partial charge in [0.15, 0.2) is 0 Å². The van der Waals surface area contributed by atoms with Gasteiger partial charge in [-0.15, -0.1) is 0 Å². The zero-order chi connectivity index (χ0) is 11.7. The van der Waals surface area contributed by atoms with E-state index < -0.39 is 0 Å². The molecule has 2 heterocycles. The van der Waals surface area contributed by atoms with Gasteiger partial charge in [0.05, 0.1) is 5.69 Å². The molecule has 0 unspecified atom stereocenters. The van der Waals surface area contributed by atoms with Crippen molar-refractivity contribution in [2.24, 2.45) is 0 Å². The van der Waals surface area contributed by atoms with E-state index in [0.717, 1.165) is 10.0 Å². The highest BCUT2D eigenvalue weighted by atomic mass is 79.9. The molecule has 2 aromatic heterocycles. The molecule has 0 spiro atoms. The second kappa shape index (κ2) is 4.47. The standard InChI is InChI=1S/C10H7Br2N3O/c1-5-8(12)10(16)15-9(14-5)6-2-7(11)4-13-3-6/h2-4H,1H3,(H,14,15,16). The van der Waals surface area contributed by atoms with Crippen molar-refractivity contribution in [3.63, 3.8) is 0 Å². The SMILES string of the molecule is Cc1nc(-c2cncc(Br)c2)[nH]c(=O)c1Br. The van der Waals surface area contributed by atoms with Crippen molar-refractivity contribution in [1.82, 2.24) is 15.0 Å². The van der Waals surface area contributed by atoms with Crippen LogP contribution in [0.3, 0.4) is 0 Å². The van der Waals surface area contributed by atoms with Crippen LogP contribution in [0.2, 0.25) is 0 Å². The van der Waals surface area contributed by atoms with E-state index >= 15 is 0 Å². The molecule has 0 aliphatic rings. The van der Waals surface area contributed by atoms with Crippen molar-refractivity contribution in [3.05, 3.63) is 43.5 Å². The van der Waals surface area contributed by atoms with Crippen molar-refractivity contribution >= 4 is 31.9 Å². The molecule has 0 amide bonds. The fourth-order valence-corrected chi connectivity index (χ4v) is 1.80. The molecule has 0 fully saturated rings. The molecule has 0 saturated carbocycles. The number of hydrogen-bond donors (Lipinski definition) is 1. The van der Waals surface area contributed by atoms with Crippen molar-refractivity contribution < 1.29 is 0 Å². The fourth-order valence-electron chi connectivity index (χ4n) is 1.25. The molecule has 82 valence electrons. The highest BCUT2D eigenvalue weighted by Gasteiger charge is 2.07. The van der Waals surface area contributed by atoms with Crippen LogP contribution < -0.4 is 5.56 Å². The van der Waals surface area contributed by atoms with Crippen molar-refractivity contribution in [2.75, 3.05) is 0 Å². The highest BCUT2D eigenvalue weighted by Crippen LogP contribution is 2.18. The number of aromatic nitrogens is 3. The Balaban J connectivity index is 2.61. The van der Waals surface area contributed by atoms with E-state index in [0.29, 0.717) is 16.0 Å². The first-order valence-electron chi connectivity index (χ1n) is 4.45. The molecule has 0 saturated heterocycles. The van der Waals surface area contributed by atoms with E-state index in [2.05, 4.69) is 46.8 Å². The van der Waals surface area contributed by atoms with Gasteiger partial charge in [-0.25, -0.2) is 4.98 Å². The molecule has 0 aromatic carbocycles. The Bertz CT molecular complexity index is 595. The Hall–Kier alpha value is -1.01. The Labute approximate surface area is 108 Å². The normalized spacial score (nSPS) is 10.4. The van der Waals surface area contributed by atoms with E-state index in [1.807, 2.05) is 6.07 Å². The first kappa shape index (κ1) is 11.5. The van der Waals surface area contributed by atoms with Crippen LogP contribution >= 0.6 is 31.9 Å². The first-order valence-corrected chi connectivity index (χ1v) is 6.04. The molecule has 2 aromatic rings. The summed E-state index contributed by atoms with van der Waals surface area (Å²) in [5.74, 6) is 0.513. The third kappa shape index (κ3) is 2.22. The number of pyridine rings is 1. The predicted octanol–water partition coefficient (Wildman–Crippen LogP) is 2.67. The number of aryl methyl sites for hydroxylation is 1. The lowest BCUT2D eigenvalue weighted by atomic mass is 10.2. The van der Waals surface area contributed by atoms with Gasteiger partial charge in [0.1, 0.15) is 10.3 Å². The minimum Gasteiger partial charge on any atom is -0.305 e. The molecule has 4 nitrogen and oxygen atoms in total. The summed E-state index contributed by atoms with van der Waals surface area (Å²) in [5, 5.41) is 0. The zero-order valence-electron chi connectivity index (χ0n) is 8.29. The molecule has 0 bridgehead atoms. The number of halogens is 2. The van der Waals surface area contributed by atoms with Gasteiger partial charge < -0.3 is 4.98 Å². The Morgan fingerprint density at radius 2 is 2.06 bits per heavy atom. The molecule has 2 rings (SSSR count). The summed E-state index contributed by atoms with van der Waals surface area (Å²) in [6.45, 7) is 1.77. The van der Waals surface area contributed by atoms with E-state index in [4.69, 9.17) is 0 Å². The highest BCUT2D eigenvalue weighted by molar-refractivity contribution is 9.10. The summed E-state index contributed by atoms with van der Waals surface area (Å²) in [6.07, 6.45) is 3.32. The van der Waals surface area contributed by atoms with Gasteiger partial charge in [-0.3, -0.25) is 9.78 Å². The molecule has 0 aliphatic carbocycles. The van der Waals surface area contributed by atoms with Crippen molar-refractivity contribution in [3.8, 4) is 11.4 Å². The van der Waals surface area contributed by atoms with E-state index in [-0.39, 0.29) is 5.56 Å². The van der Waals surface area contributed by atoms with Crippen molar-refractivity contribution in [2.45, 2.75) is 6.92 Å². The van der Waals surface area contributed by atoms with Crippen LogP contribution in [0.4, 0.5) is 0 Å². The lowest BCUT2D eigenvalue weighted by molar-refractivity contribution is 1.05. The number of H-pyrrole nitrogens is 1. The minimum absolute atomic E-state index is 0.192. The average Bonchev–Trinajstić information content (AvgIpc) is 2.25. The molecular weight excluding hydrogens is 338 g/mol. The lowest BCUT2D eigenvalue weighted by Crippen LogP contribution is -2.11. The molecule has 16 heavy (non-hydrogen) atoms. The predicted molar refractivity (Wildman–Crippen MR) is 68.2 cm³/mol. The second-order valence-electron chi connectivity index (χ2n) is 3.21. The summed E-state index contributed by atoms with van der Waals surface area (Å²) in [4.78, 5) is 22.5. The van der Waals surface area contributed by atoms with Crippen LogP contribution in [0.5, 0.6) is 0 Å². The van der Waals surface area contributed by atoms with E-state index in [1.54, 1.807) is 19.3 Å². The van der Waals surface area contributed by atoms with Gasteiger partial charge in [0, 0.05) is 22.4 Å². The summed E-state index contributed by atoms with van der Waals surface area (Å²) >= 11 is 6.49. The average molecular weight is 345 g/mol. The van der Waals surface area contributed by atoms with Gasteiger partial charge in [0.2, 0.25) is 0 Å². The van der Waals surface area contributed by atoms with E-state index in [9.17, 15) is 4.79 Å². The van der Waals surface area contributed by atoms with Crippen LogP contribution in [0.1, 0.15) is 5.69 Å². The topological polar surface area (TPSA) is 58.6 Å². The molecule has 0 radical (unpaired) electrons. The lowest BCUT2D eigenvalue weighted by Gasteiger charge is -2.03. The molecule has 0 aliphatic heterocycles.